The van der Waals surface area contributed by atoms with Crippen molar-refractivity contribution in [2.24, 2.45) is 0 Å². The van der Waals surface area contributed by atoms with Crippen molar-refractivity contribution in [3.05, 3.63) is 30.1 Å². The molecule has 0 saturated carbocycles. The number of rotatable bonds is 5. The van der Waals surface area contributed by atoms with E-state index < -0.39 is 0 Å². The van der Waals surface area contributed by atoms with Gasteiger partial charge in [-0.15, -0.1) is 0 Å². The molecule has 1 aliphatic heterocycles. The zero-order valence-electron chi connectivity index (χ0n) is 12.3. The number of hydrogen-bond acceptors (Lipinski definition) is 4. The van der Waals surface area contributed by atoms with Crippen LogP contribution in [-0.2, 0) is 5.41 Å². The smallest absolute Gasteiger partial charge is 0.0342 e. The van der Waals surface area contributed by atoms with Gasteiger partial charge < -0.3 is 10.6 Å². The van der Waals surface area contributed by atoms with Crippen LogP contribution >= 0.6 is 0 Å². The Morgan fingerprint density at radius 2 is 2.16 bits per heavy atom. The molecular formula is C15H26N4. The van der Waals surface area contributed by atoms with E-state index in [1.54, 1.807) is 0 Å². The minimum Gasteiger partial charge on any atom is -0.314 e. The minimum absolute atomic E-state index is 0.142. The van der Waals surface area contributed by atoms with E-state index in [4.69, 9.17) is 0 Å². The average Bonchev–Trinajstić information content (AvgIpc) is 2.42. The van der Waals surface area contributed by atoms with Crippen molar-refractivity contribution >= 4 is 0 Å². The van der Waals surface area contributed by atoms with Gasteiger partial charge in [-0.1, -0.05) is 13.8 Å². The molecule has 1 aromatic rings. The highest BCUT2D eigenvalue weighted by atomic mass is 15.2. The van der Waals surface area contributed by atoms with E-state index in [1.165, 1.54) is 5.56 Å². The van der Waals surface area contributed by atoms with Crippen molar-refractivity contribution < 1.29 is 0 Å². The number of likely N-dealkylation sites (N-methyl/N-ethyl adjacent to an activating group) is 1. The summed E-state index contributed by atoms with van der Waals surface area (Å²) in [5.41, 5.74) is 1.48. The first-order valence-corrected chi connectivity index (χ1v) is 7.12. The molecule has 1 atom stereocenters. The second-order valence-corrected chi connectivity index (χ2v) is 6.09. The van der Waals surface area contributed by atoms with E-state index in [1.807, 2.05) is 12.4 Å². The summed E-state index contributed by atoms with van der Waals surface area (Å²) >= 11 is 0. The monoisotopic (exact) mass is 262 g/mol. The Bertz CT molecular complexity index is 377. The molecule has 106 valence electrons. The molecular weight excluding hydrogens is 236 g/mol. The maximum atomic E-state index is 4.09. The number of aromatic nitrogens is 1. The maximum absolute atomic E-state index is 4.09. The Labute approximate surface area is 116 Å². The zero-order valence-corrected chi connectivity index (χ0v) is 12.3. The molecule has 0 bridgehead atoms. The number of pyridine rings is 1. The lowest BCUT2D eigenvalue weighted by atomic mass is 9.85. The third-order valence-electron chi connectivity index (χ3n) is 4.05. The number of nitrogens with one attached hydrogen (secondary N) is 2. The van der Waals surface area contributed by atoms with Gasteiger partial charge in [-0.05, 0) is 24.7 Å². The van der Waals surface area contributed by atoms with Gasteiger partial charge in [0.05, 0.1) is 0 Å². The summed E-state index contributed by atoms with van der Waals surface area (Å²) in [7, 11) is 2.21. The first kappa shape index (κ1) is 14.4. The van der Waals surface area contributed by atoms with Crippen LogP contribution in [0, 0.1) is 0 Å². The first-order chi connectivity index (χ1) is 9.09. The van der Waals surface area contributed by atoms with Crippen LogP contribution in [0.25, 0.3) is 0 Å². The first-order valence-electron chi connectivity index (χ1n) is 7.12. The second-order valence-electron chi connectivity index (χ2n) is 6.09. The van der Waals surface area contributed by atoms with Crippen LogP contribution in [0.2, 0.25) is 0 Å². The van der Waals surface area contributed by atoms with Crippen molar-refractivity contribution in [2.75, 3.05) is 39.8 Å². The molecule has 19 heavy (non-hydrogen) atoms. The van der Waals surface area contributed by atoms with Crippen molar-refractivity contribution in [1.82, 2.24) is 20.5 Å². The summed E-state index contributed by atoms with van der Waals surface area (Å²) in [5.74, 6) is 0. The molecule has 0 aliphatic carbocycles. The van der Waals surface area contributed by atoms with Crippen LogP contribution in [0.15, 0.2) is 24.5 Å². The fourth-order valence-electron chi connectivity index (χ4n) is 2.55. The normalized spacial score (nSPS) is 21.5. The van der Waals surface area contributed by atoms with Gasteiger partial charge >= 0.3 is 0 Å². The van der Waals surface area contributed by atoms with Gasteiger partial charge in [-0.25, -0.2) is 0 Å². The lowest BCUT2D eigenvalue weighted by Gasteiger charge is -2.34. The van der Waals surface area contributed by atoms with Crippen LogP contribution in [0.5, 0.6) is 0 Å². The summed E-state index contributed by atoms with van der Waals surface area (Å²) in [6.07, 6.45) is 3.74. The van der Waals surface area contributed by atoms with E-state index in [9.17, 15) is 0 Å². The second kappa shape index (κ2) is 6.46. The highest BCUT2D eigenvalue weighted by Crippen LogP contribution is 2.21. The summed E-state index contributed by atoms with van der Waals surface area (Å²) < 4.78 is 0. The van der Waals surface area contributed by atoms with Gasteiger partial charge in [-0.3, -0.25) is 9.88 Å². The molecule has 2 N–H and O–H groups in total. The molecule has 0 radical (unpaired) electrons. The predicted octanol–water partition coefficient (Wildman–Crippen LogP) is 0.852. The van der Waals surface area contributed by atoms with E-state index in [0.29, 0.717) is 6.04 Å². The Balaban J connectivity index is 1.81. The molecule has 0 spiro atoms. The summed E-state index contributed by atoms with van der Waals surface area (Å²) in [5, 5.41) is 7.08. The van der Waals surface area contributed by atoms with E-state index in [-0.39, 0.29) is 5.41 Å². The average molecular weight is 262 g/mol. The number of piperazine rings is 1. The lowest BCUT2D eigenvalue weighted by Crippen LogP contribution is -2.54. The molecule has 1 aliphatic rings. The number of hydrogen-bond donors (Lipinski definition) is 2. The Morgan fingerprint density at radius 1 is 1.42 bits per heavy atom. The van der Waals surface area contributed by atoms with Crippen LogP contribution in [-0.4, -0.2) is 55.7 Å². The van der Waals surface area contributed by atoms with Gasteiger partial charge in [0.15, 0.2) is 0 Å². The third-order valence-corrected chi connectivity index (χ3v) is 4.05. The molecule has 1 aromatic heterocycles. The SMILES string of the molecule is CN1CCNCC1CNCC(C)(C)c1ccncc1. The van der Waals surface area contributed by atoms with E-state index >= 15 is 0 Å². The summed E-state index contributed by atoms with van der Waals surface area (Å²) in [4.78, 5) is 6.52. The van der Waals surface area contributed by atoms with Gasteiger partial charge in [0.25, 0.3) is 0 Å². The largest absolute Gasteiger partial charge is 0.314 e. The quantitative estimate of drug-likeness (QED) is 0.825. The molecule has 1 unspecified atom stereocenters. The topological polar surface area (TPSA) is 40.2 Å². The van der Waals surface area contributed by atoms with Crippen molar-refractivity contribution in [1.29, 1.82) is 0 Å². The minimum atomic E-state index is 0.142. The van der Waals surface area contributed by atoms with Gasteiger partial charge in [0, 0.05) is 56.6 Å². The van der Waals surface area contributed by atoms with Crippen LogP contribution in [0.1, 0.15) is 19.4 Å². The molecule has 1 fully saturated rings. The molecule has 2 rings (SSSR count). The molecule has 0 amide bonds. The van der Waals surface area contributed by atoms with Crippen molar-refractivity contribution in [3.8, 4) is 0 Å². The van der Waals surface area contributed by atoms with Gasteiger partial charge in [0.2, 0.25) is 0 Å². The van der Waals surface area contributed by atoms with Crippen LogP contribution < -0.4 is 10.6 Å². The van der Waals surface area contributed by atoms with E-state index in [0.717, 1.165) is 32.7 Å². The fourth-order valence-corrected chi connectivity index (χ4v) is 2.55. The highest BCUT2D eigenvalue weighted by Gasteiger charge is 2.22. The van der Waals surface area contributed by atoms with E-state index in [2.05, 4.69) is 53.5 Å². The zero-order chi connectivity index (χ0) is 13.7. The maximum Gasteiger partial charge on any atom is 0.0342 e. The summed E-state index contributed by atoms with van der Waals surface area (Å²) in [6.45, 7) is 9.91. The lowest BCUT2D eigenvalue weighted by molar-refractivity contribution is 0.193. The molecule has 4 nitrogen and oxygen atoms in total. The fraction of sp³-hybridized carbons (Fsp3) is 0.667. The standard InChI is InChI=1S/C15H26N4/c1-15(2,13-4-6-16-7-5-13)12-18-11-14-10-17-8-9-19(14)3/h4-7,14,17-18H,8-12H2,1-3H3. The Hall–Kier alpha value is -0.970. The van der Waals surface area contributed by atoms with Gasteiger partial charge in [-0.2, -0.15) is 0 Å². The Morgan fingerprint density at radius 3 is 2.84 bits per heavy atom. The number of nitrogens with zero attached hydrogens (tertiary/aromatic N) is 2. The molecule has 4 heteroatoms. The van der Waals surface area contributed by atoms with Crippen LogP contribution in [0.4, 0.5) is 0 Å². The van der Waals surface area contributed by atoms with Gasteiger partial charge in [0.1, 0.15) is 0 Å². The van der Waals surface area contributed by atoms with Crippen molar-refractivity contribution in [3.63, 3.8) is 0 Å². The Kier molecular flexibility index (Phi) is 4.91. The highest BCUT2D eigenvalue weighted by molar-refractivity contribution is 5.20. The molecule has 0 aromatic carbocycles. The molecule has 1 saturated heterocycles. The predicted molar refractivity (Wildman–Crippen MR) is 79.4 cm³/mol. The van der Waals surface area contributed by atoms with Crippen molar-refractivity contribution in [2.45, 2.75) is 25.3 Å². The molecule has 2 heterocycles. The van der Waals surface area contributed by atoms with Crippen LogP contribution in [0.3, 0.4) is 0 Å². The third kappa shape index (κ3) is 4.00. The summed E-state index contributed by atoms with van der Waals surface area (Å²) in [6, 6.07) is 4.81.